The van der Waals surface area contributed by atoms with Gasteiger partial charge in [0.2, 0.25) is 5.91 Å². The van der Waals surface area contributed by atoms with Crippen molar-refractivity contribution in [3.63, 3.8) is 0 Å². The van der Waals surface area contributed by atoms with Gasteiger partial charge < -0.3 is 10.6 Å². The van der Waals surface area contributed by atoms with E-state index in [1.165, 1.54) is 23.5 Å². The number of fused-ring (bicyclic) bond motifs is 1. The second kappa shape index (κ2) is 8.26. The standard InChI is InChI=1S/C21H17N5O3S/c1-13-6-8-14(9-7-13)22-20(29)16-10-11-19(28)26(25-16)12-18(27)24-21-23-15-4-2-3-5-17(15)30-21/h2-11H,12H2,1H3,(H,22,29)(H,23,24,27). The molecule has 30 heavy (non-hydrogen) atoms. The van der Waals surface area contributed by atoms with E-state index in [-0.39, 0.29) is 12.2 Å². The van der Waals surface area contributed by atoms with Gasteiger partial charge in [0.1, 0.15) is 12.2 Å². The van der Waals surface area contributed by atoms with Gasteiger partial charge in [0, 0.05) is 11.8 Å². The van der Waals surface area contributed by atoms with Crippen LogP contribution in [0.4, 0.5) is 10.8 Å². The van der Waals surface area contributed by atoms with Gasteiger partial charge in [-0.15, -0.1) is 0 Å². The zero-order chi connectivity index (χ0) is 21.1. The molecular formula is C21H17N5O3S. The third-order valence-electron chi connectivity index (χ3n) is 4.24. The van der Waals surface area contributed by atoms with Crippen molar-refractivity contribution in [2.24, 2.45) is 0 Å². The number of nitrogens with one attached hydrogen (secondary N) is 2. The first-order chi connectivity index (χ1) is 14.5. The van der Waals surface area contributed by atoms with Crippen LogP contribution in [0.1, 0.15) is 16.1 Å². The first-order valence-corrected chi connectivity index (χ1v) is 9.91. The molecule has 0 aliphatic heterocycles. The molecule has 2 aromatic heterocycles. The molecule has 0 spiro atoms. The molecule has 4 rings (SSSR count). The average Bonchev–Trinajstić information content (AvgIpc) is 3.13. The van der Waals surface area contributed by atoms with Crippen LogP contribution in [0.15, 0.2) is 65.5 Å². The van der Waals surface area contributed by atoms with E-state index < -0.39 is 17.4 Å². The maximum atomic E-state index is 12.4. The van der Waals surface area contributed by atoms with Gasteiger partial charge in [-0.2, -0.15) is 5.10 Å². The van der Waals surface area contributed by atoms with Crippen molar-refractivity contribution in [2.45, 2.75) is 13.5 Å². The van der Waals surface area contributed by atoms with Crippen molar-refractivity contribution in [3.05, 3.63) is 82.3 Å². The van der Waals surface area contributed by atoms with Gasteiger partial charge in [-0.25, -0.2) is 9.67 Å². The van der Waals surface area contributed by atoms with Crippen molar-refractivity contribution >= 4 is 44.2 Å². The highest BCUT2D eigenvalue weighted by Gasteiger charge is 2.13. The number of thiazole rings is 1. The van der Waals surface area contributed by atoms with Crippen LogP contribution in [0.2, 0.25) is 0 Å². The molecule has 150 valence electrons. The topological polar surface area (TPSA) is 106 Å². The third-order valence-corrected chi connectivity index (χ3v) is 5.19. The van der Waals surface area contributed by atoms with Crippen molar-refractivity contribution < 1.29 is 9.59 Å². The molecule has 0 saturated carbocycles. The number of anilines is 2. The first-order valence-electron chi connectivity index (χ1n) is 9.09. The summed E-state index contributed by atoms with van der Waals surface area (Å²) in [5, 5.41) is 9.84. The molecule has 0 unspecified atom stereocenters. The molecule has 0 aliphatic rings. The lowest BCUT2D eigenvalue weighted by Gasteiger charge is -2.08. The highest BCUT2D eigenvalue weighted by molar-refractivity contribution is 7.22. The quantitative estimate of drug-likeness (QED) is 0.517. The van der Waals surface area contributed by atoms with Gasteiger partial charge >= 0.3 is 0 Å². The Morgan fingerprint density at radius 1 is 1.00 bits per heavy atom. The minimum atomic E-state index is -0.485. The fourth-order valence-corrected chi connectivity index (χ4v) is 3.62. The number of carbonyl (C=O) groups is 2. The van der Waals surface area contributed by atoms with Gasteiger partial charge in [0.15, 0.2) is 5.13 Å². The van der Waals surface area contributed by atoms with E-state index >= 15 is 0 Å². The number of hydrogen-bond donors (Lipinski definition) is 2. The maximum Gasteiger partial charge on any atom is 0.276 e. The highest BCUT2D eigenvalue weighted by Crippen LogP contribution is 2.25. The fourth-order valence-electron chi connectivity index (χ4n) is 2.74. The molecule has 0 aliphatic carbocycles. The number of rotatable bonds is 5. The average molecular weight is 419 g/mol. The Kier molecular flexibility index (Phi) is 5.36. The predicted molar refractivity (Wildman–Crippen MR) is 116 cm³/mol. The third kappa shape index (κ3) is 4.41. The van der Waals surface area contributed by atoms with Crippen LogP contribution in [-0.2, 0) is 11.3 Å². The Bertz CT molecular complexity index is 1260. The van der Waals surface area contributed by atoms with Gasteiger partial charge in [-0.05, 0) is 37.3 Å². The Balaban J connectivity index is 1.47. The lowest BCUT2D eigenvalue weighted by Crippen LogP contribution is -2.31. The summed E-state index contributed by atoms with van der Waals surface area (Å²) in [7, 11) is 0. The summed E-state index contributed by atoms with van der Waals surface area (Å²) in [6, 6.07) is 17.3. The van der Waals surface area contributed by atoms with E-state index in [0.29, 0.717) is 10.8 Å². The monoisotopic (exact) mass is 419 g/mol. The van der Waals surface area contributed by atoms with Crippen molar-refractivity contribution in [2.75, 3.05) is 10.6 Å². The number of para-hydroxylation sites is 1. The zero-order valence-corrected chi connectivity index (χ0v) is 16.8. The van der Waals surface area contributed by atoms with Crippen LogP contribution >= 0.6 is 11.3 Å². The molecule has 0 saturated heterocycles. The van der Waals surface area contributed by atoms with Crippen LogP contribution < -0.4 is 16.2 Å². The molecule has 0 radical (unpaired) electrons. The van der Waals surface area contributed by atoms with E-state index in [4.69, 9.17) is 0 Å². The van der Waals surface area contributed by atoms with Gasteiger partial charge in [0.25, 0.3) is 11.5 Å². The molecule has 2 heterocycles. The highest BCUT2D eigenvalue weighted by atomic mass is 32.1. The largest absolute Gasteiger partial charge is 0.321 e. The SMILES string of the molecule is Cc1ccc(NC(=O)c2ccc(=O)n(CC(=O)Nc3nc4ccccc4s3)n2)cc1. The molecule has 2 N–H and O–H groups in total. The van der Waals surface area contributed by atoms with Crippen LogP contribution in [0.3, 0.4) is 0 Å². The minimum Gasteiger partial charge on any atom is -0.321 e. The van der Waals surface area contributed by atoms with Gasteiger partial charge in [0.05, 0.1) is 10.2 Å². The molecule has 2 aromatic carbocycles. The van der Waals surface area contributed by atoms with Crippen molar-refractivity contribution in [3.8, 4) is 0 Å². The number of hydrogen-bond acceptors (Lipinski definition) is 6. The smallest absolute Gasteiger partial charge is 0.276 e. The van der Waals surface area contributed by atoms with Gasteiger partial charge in [-0.3, -0.25) is 14.4 Å². The summed E-state index contributed by atoms with van der Waals surface area (Å²) in [6.07, 6.45) is 0. The summed E-state index contributed by atoms with van der Waals surface area (Å²) in [5.41, 5.74) is 2.00. The molecule has 0 atom stereocenters. The number of aryl methyl sites for hydroxylation is 1. The van der Waals surface area contributed by atoms with Crippen molar-refractivity contribution in [1.82, 2.24) is 14.8 Å². The molecule has 9 heteroatoms. The Hall–Kier alpha value is -3.85. The summed E-state index contributed by atoms with van der Waals surface area (Å²) >= 11 is 1.34. The molecule has 4 aromatic rings. The zero-order valence-electron chi connectivity index (χ0n) is 16.0. The lowest BCUT2D eigenvalue weighted by atomic mass is 10.2. The number of aromatic nitrogens is 3. The normalized spacial score (nSPS) is 10.7. The van der Waals surface area contributed by atoms with Crippen LogP contribution in [0.5, 0.6) is 0 Å². The summed E-state index contributed by atoms with van der Waals surface area (Å²) < 4.78 is 1.89. The molecule has 0 fully saturated rings. The number of amides is 2. The number of carbonyl (C=O) groups excluding carboxylic acids is 2. The second-order valence-electron chi connectivity index (χ2n) is 6.57. The van der Waals surface area contributed by atoms with Gasteiger partial charge in [-0.1, -0.05) is 41.2 Å². The Labute approximate surface area is 175 Å². The lowest BCUT2D eigenvalue weighted by molar-refractivity contribution is -0.117. The minimum absolute atomic E-state index is 0.0305. The summed E-state index contributed by atoms with van der Waals surface area (Å²) in [4.78, 5) is 41.2. The molecular weight excluding hydrogens is 402 g/mol. The van der Waals surface area contributed by atoms with Crippen LogP contribution in [0, 0.1) is 6.92 Å². The van der Waals surface area contributed by atoms with E-state index in [1.54, 1.807) is 12.1 Å². The fraction of sp³-hybridized carbons (Fsp3) is 0.0952. The van der Waals surface area contributed by atoms with E-state index in [0.717, 1.165) is 20.5 Å². The Morgan fingerprint density at radius 2 is 1.77 bits per heavy atom. The van der Waals surface area contributed by atoms with Crippen molar-refractivity contribution in [1.29, 1.82) is 0 Å². The molecule has 0 bridgehead atoms. The summed E-state index contributed by atoms with van der Waals surface area (Å²) in [6.45, 7) is 1.61. The number of benzene rings is 2. The predicted octanol–water partition coefficient (Wildman–Crippen LogP) is 3.05. The molecule has 2 amide bonds. The van der Waals surface area contributed by atoms with E-state index in [1.807, 2.05) is 43.3 Å². The molecule has 8 nitrogen and oxygen atoms in total. The van der Waals surface area contributed by atoms with E-state index in [2.05, 4.69) is 20.7 Å². The van der Waals surface area contributed by atoms with Crippen LogP contribution in [0.25, 0.3) is 10.2 Å². The van der Waals surface area contributed by atoms with E-state index in [9.17, 15) is 14.4 Å². The number of nitrogens with zero attached hydrogens (tertiary/aromatic N) is 3. The second-order valence-corrected chi connectivity index (χ2v) is 7.60. The Morgan fingerprint density at radius 3 is 2.53 bits per heavy atom. The van der Waals surface area contributed by atoms with Crippen LogP contribution in [-0.4, -0.2) is 26.6 Å². The summed E-state index contributed by atoms with van der Waals surface area (Å²) in [5.74, 6) is -0.932. The maximum absolute atomic E-state index is 12.4. The first kappa shape index (κ1) is 19.5.